The maximum atomic E-state index is 3.93. The highest BCUT2D eigenvalue weighted by Gasteiger charge is 1.99. The van der Waals surface area contributed by atoms with Crippen LogP contribution < -0.4 is 5.32 Å². The van der Waals surface area contributed by atoms with Crippen LogP contribution in [0.1, 0.15) is 5.56 Å². The van der Waals surface area contributed by atoms with Gasteiger partial charge >= 0.3 is 0 Å². The molecule has 0 saturated heterocycles. The van der Waals surface area contributed by atoms with Gasteiger partial charge in [-0.1, -0.05) is 5.10 Å². The van der Waals surface area contributed by atoms with E-state index in [1.54, 1.807) is 24.1 Å². The van der Waals surface area contributed by atoms with Crippen molar-refractivity contribution >= 4 is 5.95 Å². The van der Waals surface area contributed by atoms with Crippen LogP contribution >= 0.6 is 0 Å². The Hall–Kier alpha value is -1.98. The van der Waals surface area contributed by atoms with E-state index in [4.69, 9.17) is 0 Å². The molecule has 2 rings (SSSR count). The van der Waals surface area contributed by atoms with Gasteiger partial charge in [0, 0.05) is 26.0 Å². The first-order valence-electron chi connectivity index (χ1n) is 4.21. The second-order valence-electron chi connectivity index (χ2n) is 2.84. The van der Waals surface area contributed by atoms with Gasteiger partial charge in [0.1, 0.15) is 0 Å². The van der Waals surface area contributed by atoms with E-state index in [0.717, 1.165) is 5.56 Å². The van der Waals surface area contributed by atoms with Gasteiger partial charge in [-0.3, -0.25) is 4.98 Å². The lowest BCUT2D eigenvalue weighted by atomic mass is 10.3. The van der Waals surface area contributed by atoms with Crippen LogP contribution in [0.15, 0.2) is 24.5 Å². The Labute approximate surface area is 81.0 Å². The summed E-state index contributed by atoms with van der Waals surface area (Å²) in [6, 6.07) is 3.88. The molecule has 0 aliphatic carbocycles. The fraction of sp³-hybridized carbons (Fsp3) is 0.250. The number of aryl methyl sites for hydroxylation is 1. The zero-order valence-electron chi connectivity index (χ0n) is 7.75. The third-order valence-electron chi connectivity index (χ3n) is 1.82. The number of anilines is 1. The number of aromatic nitrogens is 5. The molecule has 0 radical (unpaired) electrons. The van der Waals surface area contributed by atoms with E-state index in [1.807, 2.05) is 12.1 Å². The zero-order valence-corrected chi connectivity index (χ0v) is 7.75. The van der Waals surface area contributed by atoms with Crippen LogP contribution in [0.4, 0.5) is 5.95 Å². The van der Waals surface area contributed by atoms with Crippen molar-refractivity contribution in [2.45, 2.75) is 6.54 Å². The summed E-state index contributed by atoms with van der Waals surface area (Å²) >= 11 is 0. The number of nitrogens with zero attached hydrogens (tertiary/aromatic N) is 5. The Morgan fingerprint density at radius 1 is 1.36 bits per heavy atom. The van der Waals surface area contributed by atoms with Gasteiger partial charge in [-0.05, 0) is 28.1 Å². The van der Waals surface area contributed by atoms with Crippen LogP contribution in [0.25, 0.3) is 0 Å². The van der Waals surface area contributed by atoms with Crippen molar-refractivity contribution in [3.63, 3.8) is 0 Å². The first kappa shape index (κ1) is 8.61. The van der Waals surface area contributed by atoms with Gasteiger partial charge < -0.3 is 5.32 Å². The smallest absolute Gasteiger partial charge is 0.242 e. The molecule has 0 unspecified atom stereocenters. The molecule has 2 heterocycles. The van der Waals surface area contributed by atoms with E-state index in [9.17, 15) is 0 Å². The predicted molar refractivity (Wildman–Crippen MR) is 50.4 cm³/mol. The Morgan fingerprint density at radius 2 is 2.14 bits per heavy atom. The first-order valence-corrected chi connectivity index (χ1v) is 4.21. The molecule has 0 saturated carbocycles. The van der Waals surface area contributed by atoms with Crippen molar-refractivity contribution in [1.29, 1.82) is 0 Å². The topological polar surface area (TPSA) is 68.5 Å². The quantitative estimate of drug-likeness (QED) is 0.749. The van der Waals surface area contributed by atoms with Gasteiger partial charge in [0.2, 0.25) is 5.95 Å². The Morgan fingerprint density at radius 3 is 2.79 bits per heavy atom. The summed E-state index contributed by atoms with van der Waals surface area (Å²) in [5.41, 5.74) is 1.14. The molecule has 2 aromatic rings. The first-order chi connectivity index (χ1) is 6.86. The number of pyridine rings is 1. The lowest BCUT2D eigenvalue weighted by Crippen LogP contribution is -2.05. The molecule has 0 fully saturated rings. The van der Waals surface area contributed by atoms with Crippen molar-refractivity contribution < 1.29 is 0 Å². The maximum absolute atomic E-state index is 3.93. The van der Waals surface area contributed by atoms with Gasteiger partial charge in [-0.15, -0.1) is 0 Å². The lowest BCUT2D eigenvalue weighted by Gasteiger charge is -2.02. The predicted octanol–water partition coefficient (Wildman–Crippen LogP) is 0.217. The summed E-state index contributed by atoms with van der Waals surface area (Å²) in [5.74, 6) is 0.654. The molecule has 0 aliphatic rings. The molecule has 0 spiro atoms. The van der Waals surface area contributed by atoms with Crippen LogP contribution in [0.3, 0.4) is 0 Å². The maximum Gasteiger partial charge on any atom is 0.242 e. The minimum atomic E-state index is 0.654. The highest BCUT2D eigenvalue weighted by Crippen LogP contribution is 2.01. The number of rotatable bonds is 3. The Bertz CT molecular complexity index is 395. The van der Waals surface area contributed by atoms with Gasteiger partial charge in [0.15, 0.2) is 0 Å². The SMILES string of the molecule is Cn1nnnc1NCc1ccncc1. The molecule has 1 N–H and O–H groups in total. The molecule has 2 aromatic heterocycles. The third kappa shape index (κ3) is 1.85. The van der Waals surface area contributed by atoms with Crippen LogP contribution in [-0.2, 0) is 13.6 Å². The highest BCUT2D eigenvalue weighted by molar-refractivity contribution is 5.24. The molecular weight excluding hydrogens is 180 g/mol. The van der Waals surface area contributed by atoms with Crippen molar-refractivity contribution in [2.75, 3.05) is 5.32 Å². The van der Waals surface area contributed by atoms with E-state index >= 15 is 0 Å². The minimum absolute atomic E-state index is 0.654. The molecule has 0 aliphatic heterocycles. The Balaban J connectivity index is 1.99. The average molecular weight is 190 g/mol. The number of hydrogen-bond acceptors (Lipinski definition) is 5. The summed E-state index contributed by atoms with van der Waals surface area (Å²) in [6.45, 7) is 0.691. The average Bonchev–Trinajstić information content (AvgIpc) is 2.63. The molecule has 0 amide bonds. The normalized spacial score (nSPS) is 10.1. The zero-order chi connectivity index (χ0) is 9.80. The van der Waals surface area contributed by atoms with E-state index in [2.05, 4.69) is 25.8 Å². The van der Waals surface area contributed by atoms with E-state index in [-0.39, 0.29) is 0 Å². The molecule has 72 valence electrons. The molecule has 0 atom stereocenters. The minimum Gasteiger partial charge on any atom is -0.349 e. The number of nitrogens with one attached hydrogen (secondary N) is 1. The summed E-state index contributed by atoms with van der Waals surface area (Å²) in [4.78, 5) is 3.93. The highest BCUT2D eigenvalue weighted by atomic mass is 15.6. The second-order valence-corrected chi connectivity index (χ2v) is 2.84. The molecule has 0 aromatic carbocycles. The van der Waals surface area contributed by atoms with Crippen LogP contribution in [0.5, 0.6) is 0 Å². The standard InChI is InChI=1S/C8H10N6/c1-14-8(11-12-13-14)10-6-7-2-4-9-5-3-7/h2-5H,6H2,1H3,(H,10,11,13). The molecule has 0 bridgehead atoms. The van der Waals surface area contributed by atoms with E-state index in [0.29, 0.717) is 12.5 Å². The molecule has 6 heteroatoms. The van der Waals surface area contributed by atoms with Crippen molar-refractivity contribution in [3.8, 4) is 0 Å². The van der Waals surface area contributed by atoms with E-state index in [1.165, 1.54) is 0 Å². The summed E-state index contributed by atoms with van der Waals surface area (Å²) < 4.78 is 1.58. The fourth-order valence-electron chi connectivity index (χ4n) is 1.06. The number of hydrogen-bond donors (Lipinski definition) is 1. The fourth-order valence-corrected chi connectivity index (χ4v) is 1.06. The second kappa shape index (κ2) is 3.82. The van der Waals surface area contributed by atoms with Gasteiger partial charge in [0.25, 0.3) is 0 Å². The van der Waals surface area contributed by atoms with Crippen LogP contribution in [0.2, 0.25) is 0 Å². The number of tetrazole rings is 1. The van der Waals surface area contributed by atoms with Crippen molar-refractivity contribution in [3.05, 3.63) is 30.1 Å². The van der Waals surface area contributed by atoms with Crippen LogP contribution in [0, 0.1) is 0 Å². The largest absolute Gasteiger partial charge is 0.349 e. The van der Waals surface area contributed by atoms with Gasteiger partial charge in [-0.25, -0.2) is 4.68 Å². The molecular formula is C8H10N6. The molecule has 6 nitrogen and oxygen atoms in total. The lowest BCUT2D eigenvalue weighted by molar-refractivity contribution is 0.712. The summed E-state index contributed by atoms with van der Waals surface area (Å²) in [6.07, 6.45) is 3.51. The van der Waals surface area contributed by atoms with Crippen molar-refractivity contribution in [1.82, 2.24) is 25.2 Å². The van der Waals surface area contributed by atoms with E-state index < -0.39 is 0 Å². The van der Waals surface area contributed by atoms with Crippen molar-refractivity contribution in [2.24, 2.45) is 7.05 Å². The third-order valence-corrected chi connectivity index (χ3v) is 1.82. The summed E-state index contributed by atoms with van der Waals surface area (Å²) in [5, 5.41) is 14.1. The summed E-state index contributed by atoms with van der Waals surface area (Å²) in [7, 11) is 1.79. The van der Waals surface area contributed by atoms with Crippen LogP contribution in [-0.4, -0.2) is 25.2 Å². The van der Waals surface area contributed by atoms with Gasteiger partial charge in [0.05, 0.1) is 0 Å². The molecule has 14 heavy (non-hydrogen) atoms. The monoisotopic (exact) mass is 190 g/mol. The van der Waals surface area contributed by atoms with Gasteiger partial charge in [-0.2, -0.15) is 0 Å². The Kier molecular flexibility index (Phi) is 2.35.